The Morgan fingerprint density at radius 3 is 2.52 bits per heavy atom. The molecule has 0 aliphatic carbocycles. The Morgan fingerprint density at radius 1 is 1.03 bits per heavy atom. The summed E-state index contributed by atoms with van der Waals surface area (Å²) in [5.74, 6) is -0.503. The van der Waals surface area contributed by atoms with Crippen LogP contribution in [0.4, 0.5) is 4.39 Å². The first kappa shape index (κ1) is 22.9. The molecular weight excluding hydrogens is 490 g/mol. The van der Waals surface area contributed by atoms with E-state index in [0.717, 1.165) is 6.07 Å². The van der Waals surface area contributed by atoms with Gasteiger partial charge in [0.1, 0.15) is 11.5 Å². The van der Waals surface area contributed by atoms with Crippen LogP contribution in [0.1, 0.15) is 16.8 Å². The van der Waals surface area contributed by atoms with E-state index >= 15 is 0 Å². The van der Waals surface area contributed by atoms with Gasteiger partial charge >= 0.3 is 0 Å². The van der Waals surface area contributed by atoms with E-state index in [4.69, 9.17) is 39.6 Å². The summed E-state index contributed by atoms with van der Waals surface area (Å²) in [5.41, 5.74) is 1.63. The third-order valence-electron chi connectivity index (χ3n) is 4.53. The molecule has 2 aromatic carbocycles. The Hall–Kier alpha value is -3.26. The van der Waals surface area contributed by atoms with Crippen LogP contribution < -0.4 is 5.56 Å². The number of hydrogen-bond acceptors (Lipinski definition) is 5. The number of oxime groups is 1. The summed E-state index contributed by atoms with van der Waals surface area (Å²) < 4.78 is 15.0. The van der Waals surface area contributed by atoms with E-state index < -0.39 is 5.82 Å². The first-order valence-electron chi connectivity index (χ1n) is 9.52. The zero-order valence-corrected chi connectivity index (χ0v) is 19.0. The van der Waals surface area contributed by atoms with Gasteiger partial charge < -0.3 is 4.84 Å². The summed E-state index contributed by atoms with van der Waals surface area (Å²) in [6, 6.07) is 11.7. The number of aromatic nitrogens is 3. The average Bonchev–Trinajstić information content (AvgIpc) is 2.79. The molecule has 2 heterocycles. The van der Waals surface area contributed by atoms with Crippen molar-refractivity contribution in [2.24, 2.45) is 5.16 Å². The number of pyridine rings is 1. The molecule has 0 atom stereocenters. The van der Waals surface area contributed by atoms with Gasteiger partial charge in [0.2, 0.25) is 0 Å². The minimum Gasteiger partial charge on any atom is -0.389 e. The van der Waals surface area contributed by atoms with Crippen LogP contribution in [-0.2, 0) is 11.4 Å². The van der Waals surface area contributed by atoms with Gasteiger partial charge in [-0.2, -0.15) is 0 Å². The normalized spacial score (nSPS) is 11.5. The van der Waals surface area contributed by atoms with Crippen molar-refractivity contribution in [1.82, 2.24) is 14.5 Å². The van der Waals surface area contributed by atoms with Gasteiger partial charge in [-0.15, -0.1) is 0 Å². The second-order valence-corrected chi connectivity index (χ2v) is 7.95. The van der Waals surface area contributed by atoms with Gasteiger partial charge in [0.05, 0.1) is 32.6 Å². The maximum Gasteiger partial charge on any atom is 0.255 e. The highest BCUT2D eigenvalue weighted by atomic mass is 35.5. The van der Waals surface area contributed by atoms with Crippen LogP contribution in [0.15, 0.2) is 83.3 Å². The Balaban J connectivity index is 1.82. The van der Waals surface area contributed by atoms with Crippen LogP contribution in [-0.4, -0.2) is 20.2 Å². The Labute approximate surface area is 202 Å². The highest BCUT2D eigenvalue weighted by Gasteiger charge is 2.17. The number of para-hydroxylation sites is 1. The molecule has 0 saturated carbocycles. The summed E-state index contributed by atoms with van der Waals surface area (Å²) in [6.45, 7) is 0.0339. The summed E-state index contributed by atoms with van der Waals surface area (Å²) >= 11 is 18.9. The molecule has 4 rings (SSSR count). The lowest BCUT2D eigenvalue weighted by molar-refractivity contribution is 0.128. The molecule has 0 aliphatic rings. The zero-order chi connectivity index (χ0) is 23.4. The van der Waals surface area contributed by atoms with Gasteiger partial charge in [-0.1, -0.05) is 46.0 Å². The predicted octanol–water partition coefficient (Wildman–Crippen LogP) is 5.70. The molecule has 33 heavy (non-hydrogen) atoms. The molecule has 0 N–H and O–H groups in total. The smallest absolute Gasteiger partial charge is 0.255 e. The first-order chi connectivity index (χ1) is 15.9. The number of rotatable bonds is 6. The van der Waals surface area contributed by atoms with Crippen molar-refractivity contribution in [3.8, 4) is 5.69 Å². The number of nitrogens with zero attached hydrogens (tertiary/aromatic N) is 4. The topological polar surface area (TPSA) is 69.4 Å². The summed E-state index contributed by atoms with van der Waals surface area (Å²) in [5, 5.41) is 4.92. The maximum absolute atomic E-state index is 13.7. The summed E-state index contributed by atoms with van der Waals surface area (Å²) in [7, 11) is 0. The summed E-state index contributed by atoms with van der Waals surface area (Å²) in [6.07, 6.45) is 6.13. The number of hydrogen-bond donors (Lipinski definition) is 0. The molecule has 166 valence electrons. The second-order valence-electron chi connectivity index (χ2n) is 6.73. The maximum atomic E-state index is 13.7. The van der Waals surface area contributed by atoms with Crippen molar-refractivity contribution in [2.45, 2.75) is 6.61 Å². The fourth-order valence-corrected chi connectivity index (χ4v) is 3.86. The van der Waals surface area contributed by atoms with Gasteiger partial charge in [-0.25, -0.2) is 4.39 Å². The molecule has 0 radical (unpaired) electrons. The monoisotopic (exact) mass is 502 g/mol. The molecule has 4 aromatic rings. The largest absolute Gasteiger partial charge is 0.389 e. The van der Waals surface area contributed by atoms with E-state index in [2.05, 4.69) is 15.1 Å². The summed E-state index contributed by atoms with van der Waals surface area (Å²) in [4.78, 5) is 26.2. The van der Waals surface area contributed by atoms with Crippen LogP contribution in [0.25, 0.3) is 5.69 Å². The quantitative estimate of drug-likeness (QED) is 0.250. The Bertz CT molecular complexity index is 1370. The fraction of sp³-hybridized carbons (Fsp3) is 0.0435. The van der Waals surface area contributed by atoms with Crippen LogP contribution in [0.2, 0.25) is 15.1 Å². The van der Waals surface area contributed by atoms with Crippen LogP contribution in [0.5, 0.6) is 0 Å². The van der Waals surface area contributed by atoms with Crippen molar-refractivity contribution < 1.29 is 9.23 Å². The Kier molecular flexibility index (Phi) is 7.03. The third-order valence-corrected chi connectivity index (χ3v) is 5.46. The predicted molar refractivity (Wildman–Crippen MR) is 126 cm³/mol. The van der Waals surface area contributed by atoms with E-state index in [9.17, 15) is 9.18 Å². The van der Waals surface area contributed by atoms with E-state index in [-0.39, 0.29) is 22.9 Å². The highest BCUT2D eigenvalue weighted by molar-refractivity contribution is 6.38. The van der Waals surface area contributed by atoms with Crippen molar-refractivity contribution >= 4 is 40.5 Å². The standard InChI is InChI=1S/C23H14Cl3FN4O2/c24-18-2-1-3-19(25)23(18)31-12-14(4-7-21(31)32)22(17-6-5-15(27)10-20(17)26)30-33-13-16-11-28-8-9-29-16/h1-12H,13H2/b30-22-. The minimum atomic E-state index is -0.503. The van der Waals surface area contributed by atoms with Gasteiger partial charge in [-0.05, 0) is 36.4 Å². The molecule has 0 unspecified atom stereocenters. The van der Waals surface area contributed by atoms with Crippen molar-refractivity contribution in [1.29, 1.82) is 0 Å². The fourth-order valence-electron chi connectivity index (χ4n) is 3.03. The zero-order valence-electron chi connectivity index (χ0n) is 16.8. The van der Waals surface area contributed by atoms with Crippen LogP contribution in [0.3, 0.4) is 0 Å². The van der Waals surface area contributed by atoms with Crippen LogP contribution in [0, 0.1) is 5.82 Å². The molecular formula is C23H14Cl3FN4O2. The van der Waals surface area contributed by atoms with Gasteiger partial charge in [0, 0.05) is 35.8 Å². The van der Waals surface area contributed by atoms with E-state index in [1.165, 1.54) is 35.2 Å². The molecule has 0 saturated heterocycles. The third kappa shape index (κ3) is 5.22. The second kappa shape index (κ2) is 10.1. The minimum absolute atomic E-state index is 0.0339. The van der Waals surface area contributed by atoms with E-state index in [1.54, 1.807) is 36.7 Å². The SMILES string of the molecule is O=c1ccc(/C(=N/OCc2cnccn2)c2ccc(F)cc2Cl)cn1-c1c(Cl)cccc1Cl. The lowest BCUT2D eigenvalue weighted by Gasteiger charge is -2.14. The molecule has 0 amide bonds. The van der Waals surface area contributed by atoms with Crippen molar-refractivity contribution in [3.05, 3.63) is 121 Å². The molecule has 0 bridgehead atoms. The van der Waals surface area contributed by atoms with Gasteiger partial charge in [-0.3, -0.25) is 19.3 Å². The van der Waals surface area contributed by atoms with Gasteiger partial charge in [0.25, 0.3) is 5.56 Å². The van der Waals surface area contributed by atoms with Crippen LogP contribution >= 0.6 is 34.8 Å². The van der Waals surface area contributed by atoms with E-state index in [0.29, 0.717) is 32.6 Å². The number of halogens is 4. The van der Waals surface area contributed by atoms with E-state index in [1.807, 2.05) is 0 Å². The molecule has 0 fully saturated rings. The number of benzene rings is 2. The van der Waals surface area contributed by atoms with Gasteiger partial charge in [0.15, 0.2) is 6.61 Å². The first-order valence-corrected chi connectivity index (χ1v) is 10.6. The lowest BCUT2D eigenvalue weighted by atomic mass is 10.0. The molecule has 0 aliphatic heterocycles. The Morgan fingerprint density at radius 2 is 1.82 bits per heavy atom. The van der Waals surface area contributed by atoms with Crippen molar-refractivity contribution in [3.63, 3.8) is 0 Å². The highest BCUT2D eigenvalue weighted by Crippen LogP contribution is 2.28. The molecule has 6 nitrogen and oxygen atoms in total. The molecule has 2 aromatic heterocycles. The molecule has 10 heteroatoms. The lowest BCUT2D eigenvalue weighted by Crippen LogP contribution is -2.20. The van der Waals surface area contributed by atoms with Crippen molar-refractivity contribution in [2.75, 3.05) is 0 Å². The average molecular weight is 504 g/mol. The molecule has 0 spiro atoms.